The molecule has 4 nitrogen and oxygen atoms in total. The molecule has 0 atom stereocenters. The van der Waals surface area contributed by atoms with Crippen LogP contribution in [0.2, 0.25) is 0 Å². The van der Waals surface area contributed by atoms with Gasteiger partial charge in [-0.1, -0.05) is 102 Å². The van der Waals surface area contributed by atoms with Gasteiger partial charge >= 0.3 is 6.18 Å². The van der Waals surface area contributed by atoms with E-state index < -0.39 is 23.6 Å². The number of aromatic nitrogens is 2. The van der Waals surface area contributed by atoms with Gasteiger partial charge < -0.3 is 5.11 Å². The average molecular weight is 892 g/mol. The van der Waals surface area contributed by atoms with Gasteiger partial charge in [-0.25, -0.2) is 4.98 Å². The number of hydrogen-bond donors (Lipinski definition) is 1. The molecule has 6 rings (SSSR count). The van der Waals surface area contributed by atoms with E-state index in [2.05, 4.69) is 90.1 Å². The number of aliphatic hydroxyl groups excluding tert-OH is 1. The Hall–Kier alpha value is -3.39. The predicted octanol–water partition coefficient (Wildman–Crippen LogP) is 12.1. The number of thiophene rings is 1. The van der Waals surface area contributed by atoms with Gasteiger partial charge in [0.2, 0.25) is 0 Å². The number of aryl methyl sites for hydroxylation is 3. The van der Waals surface area contributed by atoms with Crippen LogP contribution in [0.25, 0.3) is 42.7 Å². The fourth-order valence-electron chi connectivity index (χ4n) is 6.89. The van der Waals surface area contributed by atoms with Crippen molar-refractivity contribution in [3.05, 3.63) is 94.5 Å². The monoisotopic (exact) mass is 892 g/mol. The quantitative estimate of drug-likeness (QED) is 0.105. The molecule has 1 saturated carbocycles. The Morgan fingerprint density at radius 3 is 2.24 bits per heavy atom. The topological polar surface area (TPSA) is 63.1 Å². The second kappa shape index (κ2) is 16.1. The van der Waals surface area contributed by atoms with Crippen LogP contribution in [0.15, 0.2) is 60.6 Å². The summed E-state index contributed by atoms with van der Waals surface area (Å²) in [5, 5.41) is 11.2. The van der Waals surface area contributed by atoms with E-state index in [4.69, 9.17) is 15.1 Å². The molecule has 2 aromatic heterocycles. The van der Waals surface area contributed by atoms with Crippen molar-refractivity contribution in [3.8, 4) is 21.7 Å². The predicted molar refractivity (Wildman–Crippen MR) is 200 cm³/mol. The first-order chi connectivity index (χ1) is 23.5. The maximum Gasteiger partial charge on any atom is 0.454 e. The molecule has 1 aliphatic rings. The second-order valence-electron chi connectivity index (χ2n) is 14.9. The molecule has 0 aliphatic heterocycles. The summed E-state index contributed by atoms with van der Waals surface area (Å²) in [6, 6.07) is 19.5. The van der Waals surface area contributed by atoms with E-state index in [0.717, 1.165) is 32.8 Å². The summed E-state index contributed by atoms with van der Waals surface area (Å²) in [4.78, 5) is 21.2. The van der Waals surface area contributed by atoms with E-state index in [1.165, 1.54) is 89.6 Å². The Morgan fingerprint density at radius 2 is 1.65 bits per heavy atom. The number of ketones is 1. The van der Waals surface area contributed by atoms with E-state index in [1.807, 2.05) is 11.3 Å². The molecule has 51 heavy (non-hydrogen) atoms. The van der Waals surface area contributed by atoms with Gasteiger partial charge in [0.15, 0.2) is 0 Å². The summed E-state index contributed by atoms with van der Waals surface area (Å²) in [6.07, 6.45) is 3.82. The van der Waals surface area contributed by atoms with Gasteiger partial charge in [-0.3, -0.25) is 9.78 Å². The smallest absolute Gasteiger partial charge is 0.454 e. The van der Waals surface area contributed by atoms with Crippen molar-refractivity contribution in [1.82, 2.24) is 9.97 Å². The molecule has 0 amide bonds. The number of benzene rings is 3. The third-order valence-corrected chi connectivity index (χ3v) is 10.8. The average Bonchev–Trinajstić information content (AvgIpc) is 3.67. The summed E-state index contributed by atoms with van der Waals surface area (Å²) >= 11 is 1.84. The summed E-state index contributed by atoms with van der Waals surface area (Å²) in [5.41, 5.74) is 11.3. The number of rotatable bonds is 6. The van der Waals surface area contributed by atoms with Gasteiger partial charge in [0.05, 0.1) is 11.3 Å². The van der Waals surface area contributed by atoms with Crippen LogP contribution in [0.1, 0.15) is 88.1 Å². The van der Waals surface area contributed by atoms with Crippen LogP contribution < -0.4 is 0 Å². The first kappa shape index (κ1) is 40.4. The standard InChI is InChI=1S/C35H37N2S.C7H9F3O2.Ir/c1-21-15-25(17-24-11-7-8-12-24)16-22(2)30(21)33-23(3)31-34(38-33)32(37-20-36-31)27-18-26-13-9-10-14-28(26)29(19-27)35(4,5)6;1-4(2)5(11)3-6(12)7(8,9)10;/h9-10,13-16,19-20,24H,7-8,11-12,17H2,1-6H3;3-4,11H,1-2H3;/q-1;;/b;5-3-;. The van der Waals surface area contributed by atoms with Crippen LogP contribution in [0.5, 0.6) is 0 Å². The molecular formula is C42H46F3IrN2O2S-. The van der Waals surface area contributed by atoms with E-state index >= 15 is 0 Å². The van der Waals surface area contributed by atoms with Gasteiger partial charge in [0.1, 0.15) is 6.33 Å². The molecule has 1 aliphatic carbocycles. The van der Waals surface area contributed by atoms with Crippen molar-refractivity contribution < 1.29 is 43.2 Å². The van der Waals surface area contributed by atoms with Crippen LogP contribution in [-0.4, -0.2) is 27.0 Å². The van der Waals surface area contributed by atoms with Gasteiger partial charge in [0, 0.05) is 47.4 Å². The van der Waals surface area contributed by atoms with E-state index in [-0.39, 0.29) is 31.6 Å². The van der Waals surface area contributed by atoms with Crippen LogP contribution in [-0.2, 0) is 36.7 Å². The SMILES string of the molecule is CC(C)/C(O)=C/C(=O)C(F)(F)F.Cc1cc(CC2CCCC2)cc(C)c1-c1sc2c(-c3[c-]c4ccccc4c(C(C)(C)C)c3)ncnc2c1C.[Ir]. The van der Waals surface area contributed by atoms with Crippen LogP contribution in [0.4, 0.5) is 13.2 Å². The molecule has 3 aromatic carbocycles. The first-order valence-corrected chi connectivity index (χ1v) is 18.1. The van der Waals surface area contributed by atoms with Crippen LogP contribution in [0, 0.1) is 38.7 Å². The third-order valence-electron chi connectivity index (χ3n) is 9.51. The Bertz CT molecular complexity index is 2050. The number of halogens is 3. The van der Waals surface area contributed by atoms with Crippen molar-refractivity contribution in [2.24, 2.45) is 11.8 Å². The van der Waals surface area contributed by atoms with Crippen molar-refractivity contribution in [2.45, 2.75) is 99.1 Å². The number of aliphatic hydroxyl groups is 1. The number of carbonyl (C=O) groups excluding carboxylic acids is 1. The number of allylic oxidation sites excluding steroid dienone is 2. The molecule has 2 heterocycles. The van der Waals surface area contributed by atoms with Crippen LogP contribution in [0.3, 0.4) is 0 Å². The van der Waals surface area contributed by atoms with E-state index in [0.29, 0.717) is 0 Å². The maximum absolute atomic E-state index is 11.6. The molecule has 5 aromatic rings. The molecule has 0 bridgehead atoms. The summed E-state index contributed by atoms with van der Waals surface area (Å²) in [7, 11) is 0. The zero-order valence-electron chi connectivity index (χ0n) is 30.5. The number of nitrogens with zero attached hydrogens (tertiary/aromatic N) is 2. The summed E-state index contributed by atoms with van der Waals surface area (Å²) in [5.74, 6) is -2.21. The molecular weight excluding hydrogens is 846 g/mol. The molecule has 0 spiro atoms. The normalized spacial score (nSPS) is 14.2. The summed E-state index contributed by atoms with van der Waals surface area (Å²) < 4.78 is 35.9. The summed E-state index contributed by atoms with van der Waals surface area (Å²) in [6.45, 7) is 16.6. The third kappa shape index (κ3) is 9.16. The molecule has 1 fully saturated rings. The van der Waals surface area contributed by atoms with Crippen molar-refractivity contribution >= 4 is 38.1 Å². The Balaban J connectivity index is 0.000000388. The van der Waals surface area contributed by atoms with Crippen LogP contribution >= 0.6 is 11.3 Å². The fraction of sp³-hybridized carbons (Fsp3) is 0.405. The zero-order valence-corrected chi connectivity index (χ0v) is 33.7. The molecule has 1 N–H and O–H groups in total. The number of hydrogen-bond acceptors (Lipinski definition) is 5. The fourth-order valence-corrected chi connectivity index (χ4v) is 8.33. The first-order valence-electron chi connectivity index (χ1n) is 17.3. The molecule has 1 radical (unpaired) electrons. The van der Waals surface area contributed by atoms with E-state index in [9.17, 15) is 18.0 Å². The molecule has 0 saturated heterocycles. The molecule has 273 valence electrons. The van der Waals surface area contributed by atoms with Gasteiger partial charge in [-0.05, 0) is 66.3 Å². The number of carbonyl (C=O) groups is 1. The Kier molecular flexibility index (Phi) is 12.7. The van der Waals surface area contributed by atoms with Crippen molar-refractivity contribution in [3.63, 3.8) is 0 Å². The second-order valence-corrected chi connectivity index (χ2v) is 15.9. The van der Waals surface area contributed by atoms with Crippen molar-refractivity contribution in [1.29, 1.82) is 0 Å². The number of fused-ring (bicyclic) bond motifs is 2. The minimum atomic E-state index is -4.90. The van der Waals surface area contributed by atoms with Gasteiger partial charge in [0.25, 0.3) is 5.78 Å². The maximum atomic E-state index is 11.6. The Morgan fingerprint density at radius 1 is 1.02 bits per heavy atom. The largest absolute Gasteiger partial charge is 0.512 e. The van der Waals surface area contributed by atoms with Gasteiger partial charge in [-0.2, -0.15) is 13.2 Å². The number of alkyl halides is 3. The minimum absolute atomic E-state index is 0. The zero-order chi connectivity index (χ0) is 36.5. The van der Waals surface area contributed by atoms with E-state index in [1.54, 1.807) is 6.33 Å². The van der Waals surface area contributed by atoms with Crippen molar-refractivity contribution in [2.75, 3.05) is 0 Å². The Labute approximate surface area is 317 Å². The van der Waals surface area contributed by atoms with Gasteiger partial charge in [-0.15, -0.1) is 40.5 Å². The molecule has 9 heteroatoms. The minimum Gasteiger partial charge on any atom is -0.512 e. The molecule has 0 unspecified atom stereocenters.